The van der Waals surface area contributed by atoms with Crippen LogP contribution in [0.5, 0.6) is 0 Å². The molecule has 0 aliphatic carbocycles. The van der Waals surface area contributed by atoms with Crippen molar-refractivity contribution in [1.82, 2.24) is 9.71 Å². The SMILES string of the molecule is CS(=O)(=O)NCC(CC(=O)O)c1ccccn1. The molecule has 0 spiro atoms. The van der Waals surface area contributed by atoms with Crippen molar-refractivity contribution in [3.05, 3.63) is 30.1 Å². The number of sulfonamides is 1. The monoisotopic (exact) mass is 258 g/mol. The fourth-order valence-electron chi connectivity index (χ4n) is 1.36. The largest absolute Gasteiger partial charge is 0.481 e. The second-order valence-electron chi connectivity index (χ2n) is 3.67. The van der Waals surface area contributed by atoms with Gasteiger partial charge in [-0.3, -0.25) is 9.78 Å². The van der Waals surface area contributed by atoms with E-state index in [9.17, 15) is 13.2 Å². The van der Waals surface area contributed by atoms with Crippen LogP contribution in [0.15, 0.2) is 24.4 Å². The van der Waals surface area contributed by atoms with E-state index in [1.807, 2.05) is 0 Å². The summed E-state index contributed by atoms with van der Waals surface area (Å²) in [6.07, 6.45) is 2.41. The van der Waals surface area contributed by atoms with Crippen LogP contribution in [0.2, 0.25) is 0 Å². The molecule has 94 valence electrons. The third-order valence-electron chi connectivity index (χ3n) is 2.12. The van der Waals surface area contributed by atoms with Crippen molar-refractivity contribution >= 4 is 16.0 Å². The Morgan fingerprint density at radius 3 is 2.71 bits per heavy atom. The maximum atomic E-state index is 11.0. The van der Waals surface area contributed by atoms with E-state index in [1.165, 1.54) is 0 Å². The van der Waals surface area contributed by atoms with Gasteiger partial charge in [-0.25, -0.2) is 13.1 Å². The summed E-state index contributed by atoms with van der Waals surface area (Å²) < 4.78 is 24.2. The van der Waals surface area contributed by atoms with Gasteiger partial charge in [0.05, 0.1) is 12.7 Å². The van der Waals surface area contributed by atoms with Crippen LogP contribution in [0, 0.1) is 0 Å². The molecule has 0 saturated heterocycles. The molecule has 1 aromatic heterocycles. The lowest BCUT2D eigenvalue weighted by Crippen LogP contribution is -2.28. The zero-order valence-electron chi connectivity index (χ0n) is 9.33. The van der Waals surface area contributed by atoms with Crippen molar-refractivity contribution in [2.75, 3.05) is 12.8 Å². The van der Waals surface area contributed by atoms with Gasteiger partial charge in [0.1, 0.15) is 0 Å². The molecule has 0 fully saturated rings. The van der Waals surface area contributed by atoms with Crippen LogP contribution in [-0.2, 0) is 14.8 Å². The molecular weight excluding hydrogens is 244 g/mol. The Morgan fingerprint density at radius 1 is 1.53 bits per heavy atom. The second kappa shape index (κ2) is 5.74. The first-order valence-corrected chi connectivity index (χ1v) is 6.85. The summed E-state index contributed by atoms with van der Waals surface area (Å²) in [6, 6.07) is 5.13. The molecule has 7 heteroatoms. The molecular formula is C10H14N2O4S. The van der Waals surface area contributed by atoms with E-state index >= 15 is 0 Å². The summed E-state index contributed by atoms with van der Waals surface area (Å²) >= 11 is 0. The van der Waals surface area contributed by atoms with Gasteiger partial charge in [0.25, 0.3) is 0 Å². The number of hydrogen-bond donors (Lipinski definition) is 2. The highest BCUT2D eigenvalue weighted by molar-refractivity contribution is 7.88. The molecule has 1 aromatic rings. The summed E-state index contributed by atoms with van der Waals surface area (Å²) in [5, 5.41) is 8.77. The van der Waals surface area contributed by atoms with E-state index in [0.29, 0.717) is 5.69 Å². The van der Waals surface area contributed by atoms with Crippen LogP contribution in [-0.4, -0.2) is 37.3 Å². The molecule has 0 radical (unpaired) electrons. The second-order valence-corrected chi connectivity index (χ2v) is 5.50. The van der Waals surface area contributed by atoms with E-state index in [4.69, 9.17) is 5.11 Å². The number of hydrogen-bond acceptors (Lipinski definition) is 4. The molecule has 17 heavy (non-hydrogen) atoms. The molecule has 0 aromatic carbocycles. The number of carbonyl (C=O) groups is 1. The first kappa shape index (κ1) is 13.6. The first-order valence-electron chi connectivity index (χ1n) is 4.96. The number of nitrogens with one attached hydrogen (secondary N) is 1. The van der Waals surface area contributed by atoms with Crippen LogP contribution in [0.25, 0.3) is 0 Å². The highest BCUT2D eigenvalue weighted by Crippen LogP contribution is 2.16. The van der Waals surface area contributed by atoms with Gasteiger partial charge in [-0.05, 0) is 12.1 Å². The summed E-state index contributed by atoms with van der Waals surface area (Å²) in [5.41, 5.74) is 0.561. The number of carboxylic acids is 1. The molecule has 0 saturated carbocycles. The number of nitrogens with zero attached hydrogens (tertiary/aromatic N) is 1. The number of carboxylic acid groups (broad SMARTS) is 1. The number of pyridine rings is 1. The molecule has 2 N–H and O–H groups in total. The molecule has 1 rings (SSSR count). The van der Waals surface area contributed by atoms with Gasteiger partial charge in [-0.2, -0.15) is 0 Å². The smallest absolute Gasteiger partial charge is 0.304 e. The number of aromatic nitrogens is 1. The molecule has 0 aliphatic rings. The van der Waals surface area contributed by atoms with Gasteiger partial charge in [-0.15, -0.1) is 0 Å². The Hall–Kier alpha value is -1.47. The number of aliphatic carboxylic acids is 1. The third-order valence-corrected chi connectivity index (χ3v) is 2.81. The predicted octanol–water partition coefficient (Wildman–Crippen LogP) is 0.189. The van der Waals surface area contributed by atoms with Gasteiger partial charge in [-0.1, -0.05) is 6.07 Å². The Balaban J connectivity index is 2.78. The lowest BCUT2D eigenvalue weighted by atomic mass is 10.0. The zero-order chi connectivity index (χ0) is 12.9. The van der Waals surface area contributed by atoms with Gasteiger partial charge in [0, 0.05) is 24.4 Å². The highest BCUT2D eigenvalue weighted by atomic mass is 32.2. The summed E-state index contributed by atoms with van der Waals surface area (Å²) in [7, 11) is -3.33. The highest BCUT2D eigenvalue weighted by Gasteiger charge is 2.18. The number of rotatable bonds is 6. The molecule has 0 amide bonds. The van der Waals surface area contributed by atoms with Gasteiger partial charge >= 0.3 is 5.97 Å². The fourth-order valence-corrected chi connectivity index (χ4v) is 1.87. The molecule has 1 unspecified atom stereocenters. The maximum absolute atomic E-state index is 11.0. The summed E-state index contributed by atoms with van der Waals surface area (Å²) in [6.45, 7) is 0.0299. The minimum atomic E-state index is -3.33. The minimum absolute atomic E-state index is 0.0299. The average Bonchev–Trinajstić information content (AvgIpc) is 2.24. The molecule has 1 atom stereocenters. The average molecular weight is 258 g/mol. The Labute approximate surface area is 99.7 Å². The molecule has 0 bridgehead atoms. The van der Waals surface area contributed by atoms with Crippen LogP contribution < -0.4 is 4.72 Å². The Kier molecular flexibility index (Phi) is 4.59. The Morgan fingerprint density at radius 2 is 2.24 bits per heavy atom. The van der Waals surface area contributed by atoms with E-state index in [1.54, 1.807) is 24.4 Å². The van der Waals surface area contributed by atoms with Crippen molar-refractivity contribution in [1.29, 1.82) is 0 Å². The van der Waals surface area contributed by atoms with Gasteiger partial charge in [0.15, 0.2) is 0 Å². The van der Waals surface area contributed by atoms with Crippen LogP contribution in [0.4, 0.5) is 0 Å². The van der Waals surface area contributed by atoms with Crippen molar-refractivity contribution in [2.24, 2.45) is 0 Å². The van der Waals surface area contributed by atoms with Crippen molar-refractivity contribution in [3.8, 4) is 0 Å². The van der Waals surface area contributed by atoms with Crippen LogP contribution >= 0.6 is 0 Å². The third kappa shape index (κ3) is 5.41. The van der Waals surface area contributed by atoms with Gasteiger partial charge in [0.2, 0.25) is 10.0 Å². The van der Waals surface area contributed by atoms with Gasteiger partial charge < -0.3 is 5.11 Å². The van der Waals surface area contributed by atoms with E-state index in [2.05, 4.69) is 9.71 Å². The van der Waals surface area contributed by atoms with E-state index in [-0.39, 0.29) is 13.0 Å². The van der Waals surface area contributed by atoms with Crippen LogP contribution in [0.1, 0.15) is 18.0 Å². The first-order chi connectivity index (χ1) is 7.88. The van der Waals surface area contributed by atoms with Crippen LogP contribution in [0.3, 0.4) is 0 Å². The lowest BCUT2D eigenvalue weighted by Gasteiger charge is -2.14. The van der Waals surface area contributed by atoms with E-state index < -0.39 is 21.9 Å². The summed E-state index contributed by atoms with van der Waals surface area (Å²) in [4.78, 5) is 14.7. The maximum Gasteiger partial charge on any atom is 0.304 e. The predicted molar refractivity (Wildman–Crippen MR) is 62.1 cm³/mol. The molecule has 1 heterocycles. The van der Waals surface area contributed by atoms with Crippen molar-refractivity contribution in [2.45, 2.75) is 12.3 Å². The molecule has 6 nitrogen and oxygen atoms in total. The van der Waals surface area contributed by atoms with E-state index in [0.717, 1.165) is 6.26 Å². The van der Waals surface area contributed by atoms with Crippen molar-refractivity contribution < 1.29 is 18.3 Å². The quantitative estimate of drug-likeness (QED) is 0.759. The lowest BCUT2D eigenvalue weighted by molar-refractivity contribution is -0.137. The topological polar surface area (TPSA) is 96.4 Å². The summed E-state index contributed by atoms with van der Waals surface area (Å²) in [5.74, 6) is -1.46. The fraction of sp³-hybridized carbons (Fsp3) is 0.400. The Bertz CT molecular complexity index is 472. The normalized spacial score (nSPS) is 13.2. The molecule has 0 aliphatic heterocycles. The minimum Gasteiger partial charge on any atom is -0.481 e. The van der Waals surface area contributed by atoms with Crippen molar-refractivity contribution in [3.63, 3.8) is 0 Å². The standard InChI is InChI=1S/C10H14N2O4S/c1-17(15,16)12-7-8(6-10(13)14)9-4-2-3-5-11-9/h2-5,8,12H,6-7H2,1H3,(H,13,14). The zero-order valence-corrected chi connectivity index (χ0v) is 10.1.